The molecule has 1 fully saturated rings. The predicted molar refractivity (Wildman–Crippen MR) is 57.0 cm³/mol. The van der Waals surface area contributed by atoms with Crippen molar-refractivity contribution in [2.24, 2.45) is 11.7 Å². The Balaban J connectivity index is 2.33. The van der Waals surface area contributed by atoms with Gasteiger partial charge in [0.25, 0.3) is 0 Å². The van der Waals surface area contributed by atoms with E-state index in [0.717, 1.165) is 12.8 Å². The number of hydrogen-bond donors (Lipinski definition) is 3. The highest BCUT2D eigenvalue weighted by atomic mass is 16.2. The summed E-state index contributed by atoms with van der Waals surface area (Å²) >= 11 is 0. The summed E-state index contributed by atoms with van der Waals surface area (Å²) in [5, 5.41) is 5.45. The molecule has 5 heteroatoms. The molecule has 2 atom stereocenters. The molecule has 0 aromatic carbocycles. The maximum atomic E-state index is 11.5. The summed E-state index contributed by atoms with van der Waals surface area (Å²) < 4.78 is 0. The number of rotatable bonds is 4. The zero-order valence-corrected chi connectivity index (χ0v) is 9.08. The van der Waals surface area contributed by atoms with Crippen LogP contribution in [0.2, 0.25) is 0 Å². The Morgan fingerprint density at radius 2 is 2.47 bits per heavy atom. The van der Waals surface area contributed by atoms with Gasteiger partial charge in [0.15, 0.2) is 0 Å². The number of carbonyl (C=O) groups excluding carboxylic acids is 2. The van der Waals surface area contributed by atoms with Crippen molar-refractivity contribution in [1.29, 1.82) is 0 Å². The average molecular weight is 213 g/mol. The molecule has 0 bridgehead atoms. The third-order valence-electron chi connectivity index (χ3n) is 2.56. The van der Waals surface area contributed by atoms with E-state index in [4.69, 9.17) is 5.73 Å². The monoisotopic (exact) mass is 213 g/mol. The van der Waals surface area contributed by atoms with E-state index < -0.39 is 0 Å². The highest BCUT2D eigenvalue weighted by molar-refractivity contribution is 5.88. The third-order valence-corrected chi connectivity index (χ3v) is 2.56. The van der Waals surface area contributed by atoms with Gasteiger partial charge in [-0.05, 0) is 25.3 Å². The molecule has 0 spiro atoms. The van der Waals surface area contributed by atoms with Crippen LogP contribution >= 0.6 is 0 Å². The Hall–Kier alpha value is -1.10. The van der Waals surface area contributed by atoms with Gasteiger partial charge in [0.1, 0.15) is 6.04 Å². The van der Waals surface area contributed by atoms with Crippen LogP contribution in [0.5, 0.6) is 0 Å². The highest BCUT2D eigenvalue weighted by Gasteiger charge is 2.23. The molecule has 1 saturated heterocycles. The molecule has 5 nitrogen and oxygen atoms in total. The second kappa shape index (κ2) is 5.70. The number of nitrogens with one attached hydrogen (secondary N) is 2. The molecule has 1 aliphatic rings. The Morgan fingerprint density at radius 3 is 3.07 bits per heavy atom. The molecule has 0 aromatic rings. The summed E-state index contributed by atoms with van der Waals surface area (Å²) in [5.74, 6) is 0.00153. The van der Waals surface area contributed by atoms with Crippen LogP contribution in [-0.4, -0.2) is 30.9 Å². The molecule has 1 heterocycles. The first kappa shape index (κ1) is 12.0. The molecular weight excluding hydrogens is 194 g/mol. The summed E-state index contributed by atoms with van der Waals surface area (Å²) in [4.78, 5) is 22.8. The van der Waals surface area contributed by atoms with E-state index >= 15 is 0 Å². The van der Waals surface area contributed by atoms with Gasteiger partial charge in [0.05, 0.1) is 0 Å². The molecule has 1 rings (SSSR count). The van der Waals surface area contributed by atoms with Crippen LogP contribution in [0.4, 0.5) is 0 Å². The minimum absolute atomic E-state index is 0.0741. The van der Waals surface area contributed by atoms with Crippen LogP contribution in [0, 0.1) is 5.92 Å². The van der Waals surface area contributed by atoms with Gasteiger partial charge in [-0.15, -0.1) is 0 Å². The molecule has 1 aliphatic heterocycles. The second-order valence-corrected chi connectivity index (χ2v) is 4.10. The maximum Gasteiger partial charge on any atom is 0.242 e. The minimum Gasteiger partial charge on any atom is -0.354 e. The minimum atomic E-state index is -0.351. The van der Waals surface area contributed by atoms with Crippen LogP contribution in [0.15, 0.2) is 0 Å². The standard InChI is InChI=1S/C10H19N3O2/c1-7(6-11)5-9(14)13-8-3-2-4-12-10(8)15/h7-8H,2-6,11H2,1H3,(H,12,15)(H,13,14). The molecule has 0 radical (unpaired) electrons. The SMILES string of the molecule is CC(CN)CC(=O)NC1CCCNC1=O. The number of piperidine rings is 1. The fourth-order valence-corrected chi connectivity index (χ4v) is 1.56. The van der Waals surface area contributed by atoms with Crippen molar-refractivity contribution < 1.29 is 9.59 Å². The normalized spacial score (nSPS) is 23.1. The molecule has 15 heavy (non-hydrogen) atoms. The van der Waals surface area contributed by atoms with Crippen LogP contribution in [0.3, 0.4) is 0 Å². The van der Waals surface area contributed by atoms with Gasteiger partial charge in [-0.1, -0.05) is 6.92 Å². The molecule has 86 valence electrons. The van der Waals surface area contributed by atoms with E-state index in [9.17, 15) is 9.59 Å². The summed E-state index contributed by atoms with van der Waals surface area (Å²) in [6.45, 7) is 3.12. The molecule has 4 N–H and O–H groups in total. The zero-order valence-electron chi connectivity index (χ0n) is 9.08. The average Bonchev–Trinajstić information content (AvgIpc) is 2.21. The maximum absolute atomic E-state index is 11.5. The van der Waals surface area contributed by atoms with Crippen molar-refractivity contribution >= 4 is 11.8 Å². The van der Waals surface area contributed by atoms with E-state index in [0.29, 0.717) is 19.5 Å². The smallest absolute Gasteiger partial charge is 0.242 e. The van der Waals surface area contributed by atoms with Crippen LogP contribution in [-0.2, 0) is 9.59 Å². The Kier molecular flexibility index (Phi) is 4.55. The first-order chi connectivity index (χ1) is 7.13. The lowest BCUT2D eigenvalue weighted by atomic mass is 10.0. The van der Waals surface area contributed by atoms with E-state index in [1.165, 1.54) is 0 Å². The van der Waals surface area contributed by atoms with Crippen molar-refractivity contribution in [1.82, 2.24) is 10.6 Å². The third kappa shape index (κ3) is 3.87. The number of hydrogen-bond acceptors (Lipinski definition) is 3. The van der Waals surface area contributed by atoms with Crippen molar-refractivity contribution in [3.8, 4) is 0 Å². The molecular formula is C10H19N3O2. The van der Waals surface area contributed by atoms with Gasteiger partial charge >= 0.3 is 0 Å². The summed E-state index contributed by atoms with van der Waals surface area (Å²) in [7, 11) is 0. The fraction of sp³-hybridized carbons (Fsp3) is 0.800. The first-order valence-corrected chi connectivity index (χ1v) is 5.40. The van der Waals surface area contributed by atoms with Crippen molar-refractivity contribution in [2.75, 3.05) is 13.1 Å². The number of nitrogens with two attached hydrogens (primary N) is 1. The van der Waals surface area contributed by atoms with Crippen LogP contribution in [0.1, 0.15) is 26.2 Å². The van der Waals surface area contributed by atoms with Crippen LogP contribution in [0.25, 0.3) is 0 Å². The lowest BCUT2D eigenvalue weighted by Gasteiger charge is -2.23. The van der Waals surface area contributed by atoms with E-state index in [2.05, 4.69) is 10.6 Å². The largest absolute Gasteiger partial charge is 0.354 e. The van der Waals surface area contributed by atoms with Gasteiger partial charge in [-0.2, -0.15) is 0 Å². The van der Waals surface area contributed by atoms with E-state index in [1.54, 1.807) is 0 Å². The summed E-state index contributed by atoms with van der Waals surface area (Å²) in [6.07, 6.45) is 2.04. The lowest BCUT2D eigenvalue weighted by Crippen LogP contribution is -2.50. The molecule has 0 aliphatic carbocycles. The van der Waals surface area contributed by atoms with E-state index in [1.807, 2.05) is 6.92 Å². The van der Waals surface area contributed by atoms with Crippen molar-refractivity contribution in [3.63, 3.8) is 0 Å². The quantitative estimate of drug-likeness (QED) is 0.581. The van der Waals surface area contributed by atoms with E-state index in [-0.39, 0.29) is 23.8 Å². The van der Waals surface area contributed by atoms with Gasteiger partial charge < -0.3 is 16.4 Å². The van der Waals surface area contributed by atoms with Crippen molar-refractivity contribution in [2.45, 2.75) is 32.2 Å². The predicted octanol–water partition coefficient (Wildman–Crippen LogP) is -0.634. The molecule has 0 aromatic heterocycles. The topological polar surface area (TPSA) is 84.2 Å². The van der Waals surface area contributed by atoms with Gasteiger partial charge in [0.2, 0.25) is 11.8 Å². The summed E-state index contributed by atoms with van der Waals surface area (Å²) in [6, 6.07) is -0.351. The molecule has 2 unspecified atom stereocenters. The van der Waals surface area contributed by atoms with Crippen LogP contribution < -0.4 is 16.4 Å². The first-order valence-electron chi connectivity index (χ1n) is 5.40. The lowest BCUT2D eigenvalue weighted by molar-refractivity contribution is -0.130. The van der Waals surface area contributed by atoms with Gasteiger partial charge in [0, 0.05) is 13.0 Å². The second-order valence-electron chi connectivity index (χ2n) is 4.10. The van der Waals surface area contributed by atoms with Crippen molar-refractivity contribution in [3.05, 3.63) is 0 Å². The van der Waals surface area contributed by atoms with Gasteiger partial charge in [-0.25, -0.2) is 0 Å². The Bertz CT molecular complexity index is 243. The molecule has 0 saturated carbocycles. The number of amides is 2. The van der Waals surface area contributed by atoms with Gasteiger partial charge in [-0.3, -0.25) is 9.59 Å². The molecule has 2 amide bonds. The summed E-state index contributed by atoms with van der Waals surface area (Å²) in [5.41, 5.74) is 5.42. The highest BCUT2D eigenvalue weighted by Crippen LogP contribution is 2.05. The fourth-order valence-electron chi connectivity index (χ4n) is 1.56. The number of carbonyl (C=O) groups is 2. The Morgan fingerprint density at radius 1 is 1.73 bits per heavy atom. The zero-order chi connectivity index (χ0) is 11.3. The Labute approximate surface area is 89.8 Å².